The Morgan fingerprint density at radius 3 is 2.25 bits per heavy atom. The molecule has 0 bridgehead atoms. The number of nitrogens with one attached hydrogen (secondary N) is 1. The van der Waals surface area contributed by atoms with E-state index in [1.807, 2.05) is 0 Å². The summed E-state index contributed by atoms with van der Waals surface area (Å²) in [5, 5.41) is 3.36. The fraction of sp³-hybridized carbons (Fsp3) is 1.00. The summed E-state index contributed by atoms with van der Waals surface area (Å²) in [6.45, 7) is 13.6. The Labute approximate surface area is 76.7 Å². The molecule has 0 heterocycles. The Morgan fingerprint density at radius 1 is 1.25 bits per heavy atom. The van der Waals surface area contributed by atoms with Crippen molar-refractivity contribution in [3.05, 3.63) is 0 Å². The summed E-state index contributed by atoms with van der Waals surface area (Å²) in [6.07, 6.45) is 0.349. The molecule has 0 aromatic heterocycles. The molecular formula is C10H23NO. The normalized spacial score (nSPS) is 12.5. The number of ether oxygens (including phenoxy) is 1. The summed E-state index contributed by atoms with van der Waals surface area (Å²) in [7, 11) is 0. The molecule has 1 N–H and O–H groups in total. The zero-order chi connectivity index (χ0) is 9.61. The van der Waals surface area contributed by atoms with Gasteiger partial charge in [0.15, 0.2) is 0 Å². The van der Waals surface area contributed by atoms with Crippen molar-refractivity contribution in [3.63, 3.8) is 0 Å². The summed E-state index contributed by atoms with van der Waals surface area (Å²) in [5.41, 5.74) is 0.373. The van der Waals surface area contributed by atoms with Crippen LogP contribution in [-0.2, 0) is 4.74 Å². The van der Waals surface area contributed by atoms with E-state index in [-0.39, 0.29) is 0 Å². The second-order valence-electron chi connectivity index (χ2n) is 4.66. The summed E-state index contributed by atoms with van der Waals surface area (Å²) in [6, 6.07) is 0. The first-order chi connectivity index (χ1) is 5.42. The second-order valence-corrected chi connectivity index (χ2v) is 4.66. The van der Waals surface area contributed by atoms with E-state index in [1.165, 1.54) is 0 Å². The van der Waals surface area contributed by atoms with E-state index in [1.54, 1.807) is 0 Å². The van der Waals surface area contributed by atoms with Crippen LogP contribution >= 0.6 is 0 Å². The van der Waals surface area contributed by atoms with Crippen molar-refractivity contribution in [3.8, 4) is 0 Å². The van der Waals surface area contributed by atoms with Gasteiger partial charge < -0.3 is 10.1 Å². The lowest BCUT2D eigenvalue weighted by Gasteiger charge is -2.18. The first-order valence-corrected chi connectivity index (χ1v) is 4.74. The highest BCUT2D eigenvalue weighted by atomic mass is 16.5. The maximum atomic E-state index is 5.39. The third kappa shape index (κ3) is 9.92. The van der Waals surface area contributed by atoms with E-state index in [4.69, 9.17) is 4.74 Å². The van der Waals surface area contributed by atoms with E-state index in [0.717, 1.165) is 19.7 Å². The second kappa shape index (κ2) is 5.55. The number of hydrogen-bond acceptors (Lipinski definition) is 2. The molecule has 0 rings (SSSR count). The molecular weight excluding hydrogens is 150 g/mol. The molecule has 74 valence electrons. The van der Waals surface area contributed by atoms with Gasteiger partial charge in [0.1, 0.15) is 0 Å². The lowest BCUT2D eigenvalue weighted by atomic mass is 9.97. The molecule has 0 saturated heterocycles. The van der Waals surface area contributed by atoms with E-state index >= 15 is 0 Å². The molecule has 0 aliphatic rings. The SMILES string of the molecule is CC(C)OCCNCC(C)(C)C. The fourth-order valence-corrected chi connectivity index (χ4v) is 0.830. The zero-order valence-corrected chi connectivity index (χ0v) is 9.11. The number of rotatable bonds is 5. The lowest BCUT2D eigenvalue weighted by Crippen LogP contribution is -2.30. The zero-order valence-electron chi connectivity index (χ0n) is 9.11. The number of hydrogen-bond donors (Lipinski definition) is 1. The minimum Gasteiger partial charge on any atom is -0.377 e. The molecule has 0 fully saturated rings. The van der Waals surface area contributed by atoms with Gasteiger partial charge in [-0.2, -0.15) is 0 Å². The third-order valence-electron chi connectivity index (χ3n) is 1.39. The predicted octanol–water partition coefficient (Wildman–Crippen LogP) is 2.05. The fourth-order valence-electron chi connectivity index (χ4n) is 0.830. The van der Waals surface area contributed by atoms with Gasteiger partial charge in [0, 0.05) is 13.1 Å². The van der Waals surface area contributed by atoms with Crippen LogP contribution in [-0.4, -0.2) is 25.8 Å². The first-order valence-electron chi connectivity index (χ1n) is 4.74. The molecule has 2 nitrogen and oxygen atoms in total. The van der Waals surface area contributed by atoms with Crippen molar-refractivity contribution in [2.24, 2.45) is 5.41 Å². The van der Waals surface area contributed by atoms with Crippen molar-refractivity contribution in [1.82, 2.24) is 5.32 Å². The Hall–Kier alpha value is -0.0800. The Morgan fingerprint density at radius 2 is 1.83 bits per heavy atom. The molecule has 2 heteroatoms. The summed E-state index contributed by atoms with van der Waals surface area (Å²) >= 11 is 0. The van der Waals surface area contributed by atoms with Crippen molar-refractivity contribution < 1.29 is 4.74 Å². The van der Waals surface area contributed by atoms with Gasteiger partial charge >= 0.3 is 0 Å². The average Bonchev–Trinajstić information content (AvgIpc) is 1.83. The maximum Gasteiger partial charge on any atom is 0.0594 e. The van der Waals surface area contributed by atoms with Crippen LogP contribution in [0.25, 0.3) is 0 Å². The predicted molar refractivity (Wildman–Crippen MR) is 53.4 cm³/mol. The van der Waals surface area contributed by atoms with Gasteiger partial charge in [0.2, 0.25) is 0 Å². The van der Waals surface area contributed by atoms with Crippen molar-refractivity contribution in [2.45, 2.75) is 40.7 Å². The van der Waals surface area contributed by atoms with Crippen molar-refractivity contribution in [1.29, 1.82) is 0 Å². The first kappa shape index (κ1) is 11.9. The third-order valence-corrected chi connectivity index (χ3v) is 1.39. The quantitative estimate of drug-likeness (QED) is 0.642. The van der Waals surface area contributed by atoms with Gasteiger partial charge in [-0.05, 0) is 19.3 Å². The Balaban J connectivity index is 3.12. The lowest BCUT2D eigenvalue weighted by molar-refractivity contribution is 0.0797. The van der Waals surface area contributed by atoms with Crippen molar-refractivity contribution in [2.75, 3.05) is 19.7 Å². The van der Waals surface area contributed by atoms with E-state index in [0.29, 0.717) is 11.5 Å². The topological polar surface area (TPSA) is 21.3 Å². The molecule has 0 radical (unpaired) electrons. The summed E-state index contributed by atoms with van der Waals surface area (Å²) < 4.78 is 5.39. The molecule has 0 saturated carbocycles. The largest absolute Gasteiger partial charge is 0.377 e. The average molecular weight is 173 g/mol. The van der Waals surface area contributed by atoms with Crippen molar-refractivity contribution >= 4 is 0 Å². The molecule has 0 unspecified atom stereocenters. The van der Waals surface area contributed by atoms with Crippen LogP contribution in [0.3, 0.4) is 0 Å². The standard InChI is InChI=1S/C10H23NO/c1-9(2)12-7-6-11-8-10(3,4)5/h9,11H,6-8H2,1-5H3. The van der Waals surface area contributed by atoms with Crippen LogP contribution < -0.4 is 5.32 Å². The highest BCUT2D eigenvalue weighted by molar-refractivity contribution is 4.64. The Kier molecular flexibility index (Phi) is 5.51. The van der Waals surface area contributed by atoms with Crippen LogP contribution in [0.2, 0.25) is 0 Å². The van der Waals surface area contributed by atoms with Crippen LogP contribution in [0.4, 0.5) is 0 Å². The molecule has 0 amide bonds. The van der Waals surface area contributed by atoms with E-state index in [2.05, 4.69) is 39.9 Å². The van der Waals surface area contributed by atoms with Crippen LogP contribution in [0.5, 0.6) is 0 Å². The molecule has 0 aliphatic carbocycles. The van der Waals surface area contributed by atoms with E-state index < -0.39 is 0 Å². The highest BCUT2D eigenvalue weighted by Gasteiger charge is 2.08. The van der Waals surface area contributed by atoms with E-state index in [9.17, 15) is 0 Å². The summed E-state index contributed by atoms with van der Waals surface area (Å²) in [4.78, 5) is 0. The molecule has 12 heavy (non-hydrogen) atoms. The molecule has 0 spiro atoms. The monoisotopic (exact) mass is 173 g/mol. The van der Waals surface area contributed by atoms with Crippen LogP contribution in [0.15, 0.2) is 0 Å². The summed E-state index contributed by atoms with van der Waals surface area (Å²) in [5.74, 6) is 0. The van der Waals surface area contributed by atoms with Crippen LogP contribution in [0.1, 0.15) is 34.6 Å². The molecule has 0 aromatic rings. The van der Waals surface area contributed by atoms with Crippen LogP contribution in [0, 0.1) is 5.41 Å². The van der Waals surface area contributed by atoms with Gasteiger partial charge in [-0.25, -0.2) is 0 Å². The maximum absolute atomic E-state index is 5.39. The minimum absolute atomic E-state index is 0.349. The Bertz CT molecular complexity index is 105. The molecule has 0 aromatic carbocycles. The molecule has 0 atom stereocenters. The van der Waals surface area contributed by atoms with Gasteiger partial charge in [0.05, 0.1) is 12.7 Å². The highest BCUT2D eigenvalue weighted by Crippen LogP contribution is 2.09. The van der Waals surface area contributed by atoms with Gasteiger partial charge in [-0.1, -0.05) is 20.8 Å². The van der Waals surface area contributed by atoms with Gasteiger partial charge in [0.25, 0.3) is 0 Å². The smallest absolute Gasteiger partial charge is 0.0594 e. The minimum atomic E-state index is 0.349. The van der Waals surface area contributed by atoms with Gasteiger partial charge in [-0.3, -0.25) is 0 Å². The molecule has 0 aliphatic heterocycles. The van der Waals surface area contributed by atoms with Gasteiger partial charge in [-0.15, -0.1) is 0 Å².